The van der Waals surface area contributed by atoms with E-state index in [1.54, 1.807) is 18.2 Å². The van der Waals surface area contributed by atoms with E-state index < -0.39 is 23.3 Å². The van der Waals surface area contributed by atoms with Gasteiger partial charge in [0.1, 0.15) is 17.1 Å². The van der Waals surface area contributed by atoms with E-state index in [4.69, 9.17) is 23.2 Å². The molecule has 2 unspecified atom stereocenters. The molecule has 2 aromatic rings. The largest absolute Gasteiger partial charge is 0.477 e. The first-order valence-electron chi connectivity index (χ1n) is 9.44. The number of hydrogen-bond acceptors (Lipinski definition) is 9. The summed E-state index contributed by atoms with van der Waals surface area (Å²) < 4.78 is 0. The molecule has 1 aromatic carbocycles. The van der Waals surface area contributed by atoms with Crippen LogP contribution >= 0.6 is 58.5 Å². The zero-order chi connectivity index (χ0) is 23.7. The molecule has 174 valence electrons. The van der Waals surface area contributed by atoms with Crippen molar-refractivity contribution in [2.24, 2.45) is 0 Å². The van der Waals surface area contributed by atoms with Crippen molar-refractivity contribution in [2.45, 2.75) is 33.6 Å². The van der Waals surface area contributed by atoms with E-state index in [1.165, 1.54) is 40.2 Å². The quantitative estimate of drug-likeness (QED) is 0.334. The number of fused-ring (bicyclic) bond motifs is 1. The van der Waals surface area contributed by atoms with Gasteiger partial charge in [-0.2, -0.15) is 5.21 Å². The molecule has 10 nitrogen and oxygen atoms in total. The maximum absolute atomic E-state index is 12.8. The standard InChI is InChI=1S/C18H16Cl2N6O4S3/c1-7(33-18-22-24-25-23-18)9-5-32-16-13(15(28)26(16)14(9)17(29)30)21-12(27)6-31-8-2-3-10(19)11(20)4-8/h2-4,7,13,16H,5-6H2,1H3,(H,21,27)(H,29,30)(H,22,23,24,25)/t7?,13?,16-/m0/s1. The summed E-state index contributed by atoms with van der Waals surface area (Å²) in [6, 6.07) is 4.27. The van der Waals surface area contributed by atoms with Crippen molar-refractivity contribution in [3.8, 4) is 0 Å². The van der Waals surface area contributed by atoms with Crippen LogP contribution in [-0.4, -0.2) is 76.6 Å². The Kier molecular flexibility index (Phi) is 7.43. The van der Waals surface area contributed by atoms with Gasteiger partial charge in [-0.3, -0.25) is 14.5 Å². The number of nitrogens with one attached hydrogen (secondary N) is 2. The molecule has 15 heteroatoms. The molecule has 0 bridgehead atoms. The lowest BCUT2D eigenvalue weighted by atomic mass is 10.0. The second-order valence-corrected chi connectivity index (χ2v) is 11.2. The number of thioether (sulfide) groups is 3. The van der Waals surface area contributed by atoms with Gasteiger partial charge in [0.25, 0.3) is 5.91 Å². The van der Waals surface area contributed by atoms with Crippen LogP contribution in [0, 0.1) is 0 Å². The van der Waals surface area contributed by atoms with Crippen molar-refractivity contribution in [3.63, 3.8) is 0 Å². The number of hydrogen-bond donors (Lipinski definition) is 3. The minimum atomic E-state index is -1.19. The minimum absolute atomic E-state index is 0.0528. The van der Waals surface area contributed by atoms with E-state index >= 15 is 0 Å². The lowest BCUT2D eigenvalue weighted by molar-refractivity contribution is -0.150. The van der Waals surface area contributed by atoms with E-state index in [0.29, 0.717) is 26.5 Å². The summed E-state index contributed by atoms with van der Waals surface area (Å²) in [6.45, 7) is 1.82. The number of aromatic amines is 1. The molecule has 3 heterocycles. The molecule has 2 amide bonds. The number of carbonyl (C=O) groups excluding carboxylic acids is 2. The number of carboxylic acid groups (broad SMARTS) is 1. The van der Waals surface area contributed by atoms with E-state index in [9.17, 15) is 19.5 Å². The van der Waals surface area contributed by atoms with E-state index in [-0.39, 0.29) is 22.6 Å². The van der Waals surface area contributed by atoms with Gasteiger partial charge >= 0.3 is 5.97 Å². The number of carboxylic acids is 1. The van der Waals surface area contributed by atoms with E-state index in [2.05, 4.69) is 25.9 Å². The van der Waals surface area contributed by atoms with Gasteiger partial charge in [-0.1, -0.05) is 35.0 Å². The molecule has 2 aliphatic heterocycles. The maximum atomic E-state index is 12.8. The van der Waals surface area contributed by atoms with Crippen molar-refractivity contribution in [1.82, 2.24) is 30.8 Å². The normalized spacial score (nSPS) is 20.8. The SMILES string of the molecule is CC(Sc1nn[nH]n1)C1=C(C(=O)O)N2C(=O)C(NC(=O)CSc3ccc(Cl)c(Cl)c3)[C@@H]2SC1. The Labute approximate surface area is 210 Å². The molecule has 4 rings (SSSR count). The van der Waals surface area contributed by atoms with Crippen LogP contribution in [0.5, 0.6) is 0 Å². The molecular weight excluding hydrogens is 531 g/mol. The Morgan fingerprint density at radius 1 is 1.39 bits per heavy atom. The van der Waals surface area contributed by atoms with Crippen LogP contribution in [0.3, 0.4) is 0 Å². The molecule has 0 radical (unpaired) electrons. The number of H-pyrrole nitrogens is 1. The van der Waals surface area contributed by atoms with Crippen LogP contribution in [0.4, 0.5) is 0 Å². The first-order chi connectivity index (χ1) is 15.8. The number of rotatable bonds is 8. The average Bonchev–Trinajstić information content (AvgIpc) is 3.30. The predicted molar refractivity (Wildman–Crippen MR) is 126 cm³/mol. The molecule has 1 aromatic heterocycles. The Balaban J connectivity index is 1.40. The van der Waals surface area contributed by atoms with Crippen LogP contribution < -0.4 is 5.32 Å². The highest BCUT2D eigenvalue weighted by Crippen LogP contribution is 2.43. The number of aromatic nitrogens is 4. The molecular formula is C18H16Cl2N6O4S3. The van der Waals surface area contributed by atoms with Crippen LogP contribution in [0.2, 0.25) is 10.0 Å². The van der Waals surface area contributed by atoms with Gasteiger partial charge in [0.15, 0.2) is 0 Å². The summed E-state index contributed by atoms with van der Waals surface area (Å²) >= 11 is 15.8. The third kappa shape index (κ3) is 5.11. The van der Waals surface area contributed by atoms with Gasteiger partial charge in [0, 0.05) is 15.9 Å². The first-order valence-corrected chi connectivity index (χ1v) is 13.1. The molecule has 0 spiro atoms. The molecule has 3 N–H and O–H groups in total. The number of halogens is 2. The molecule has 0 aliphatic carbocycles. The monoisotopic (exact) mass is 546 g/mol. The zero-order valence-electron chi connectivity index (χ0n) is 16.8. The summed E-state index contributed by atoms with van der Waals surface area (Å²) in [5.74, 6) is -1.51. The number of β-lactam (4-membered cyclic amide) rings is 1. The van der Waals surface area contributed by atoms with E-state index in [0.717, 1.165) is 4.90 Å². The van der Waals surface area contributed by atoms with Gasteiger partial charge < -0.3 is 10.4 Å². The highest BCUT2D eigenvalue weighted by molar-refractivity contribution is 8.01. The number of benzene rings is 1. The van der Waals surface area contributed by atoms with E-state index in [1.807, 2.05) is 6.92 Å². The molecule has 2 aliphatic rings. The fourth-order valence-corrected chi connectivity index (χ4v) is 6.84. The molecule has 3 atom stereocenters. The number of tetrazole rings is 1. The van der Waals surface area contributed by atoms with Crippen LogP contribution in [0.1, 0.15) is 6.92 Å². The lowest BCUT2D eigenvalue weighted by Gasteiger charge is -2.50. The maximum Gasteiger partial charge on any atom is 0.352 e. The topological polar surface area (TPSA) is 141 Å². The zero-order valence-corrected chi connectivity index (χ0v) is 20.8. The third-order valence-corrected chi connectivity index (χ3v) is 8.93. The summed E-state index contributed by atoms with van der Waals surface area (Å²) in [5, 5.41) is 26.5. The summed E-state index contributed by atoms with van der Waals surface area (Å²) in [4.78, 5) is 39.3. The second-order valence-electron chi connectivity index (χ2n) is 6.95. The first kappa shape index (κ1) is 24.2. The van der Waals surface area contributed by atoms with Crippen LogP contribution in [0.25, 0.3) is 0 Å². The average molecular weight is 547 g/mol. The Hall–Kier alpha value is -1.93. The lowest BCUT2D eigenvalue weighted by Crippen LogP contribution is -2.70. The van der Waals surface area contributed by atoms with Crippen molar-refractivity contribution in [1.29, 1.82) is 0 Å². The molecule has 0 saturated carbocycles. The molecule has 1 saturated heterocycles. The van der Waals surface area contributed by atoms with Crippen molar-refractivity contribution >= 4 is 76.3 Å². The fourth-order valence-electron chi connectivity index (χ4n) is 3.32. The third-order valence-electron chi connectivity index (χ3n) is 4.88. The minimum Gasteiger partial charge on any atom is -0.477 e. The number of amides is 2. The van der Waals surface area contributed by atoms with Gasteiger partial charge in [-0.25, -0.2) is 4.79 Å². The highest BCUT2D eigenvalue weighted by atomic mass is 35.5. The second kappa shape index (κ2) is 10.1. The van der Waals surface area contributed by atoms with Crippen molar-refractivity contribution in [2.75, 3.05) is 11.5 Å². The molecule has 33 heavy (non-hydrogen) atoms. The van der Waals surface area contributed by atoms with Gasteiger partial charge in [-0.15, -0.1) is 33.7 Å². The fraction of sp³-hybridized carbons (Fsp3) is 0.333. The van der Waals surface area contributed by atoms with Gasteiger partial charge in [-0.05, 0) is 35.9 Å². The number of nitrogens with zero attached hydrogens (tertiary/aromatic N) is 4. The smallest absolute Gasteiger partial charge is 0.352 e. The summed E-state index contributed by atoms with van der Waals surface area (Å²) in [6.07, 6.45) is 0. The summed E-state index contributed by atoms with van der Waals surface area (Å²) in [5.41, 5.74) is 0.537. The van der Waals surface area contributed by atoms with Crippen molar-refractivity contribution in [3.05, 3.63) is 39.5 Å². The Bertz CT molecular complexity index is 1130. The predicted octanol–water partition coefficient (Wildman–Crippen LogP) is 2.52. The van der Waals surface area contributed by atoms with Crippen LogP contribution in [0.15, 0.2) is 39.5 Å². The van der Waals surface area contributed by atoms with Gasteiger partial charge in [0.2, 0.25) is 11.1 Å². The Morgan fingerprint density at radius 2 is 2.18 bits per heavy atom. The number of carbonyl (C=O) groups is 3. The number of aliphatic carboxylic acids is 1. The Morgan fingerprint density at radius 3 is 2.85 bits per heavy atom. The highest BCUT2D eigenvalue weighted by Gasteiger charge is 2.54. The van der Waals surface area contributed by atoms with Gasteiger partial charge in [0.05, 0.1) is 15.8 Å². The summed E-state index contributed by atoms with van der Waals surface area (Å²) in [7, 11) is 0. The van der Waals surface area contributed by atoms with Crippen LogP contribution in [-0.2, 0) is 14.4 Å². The molecule has 1 fully saturated rings. The van der Waals surface area contributed by atoms with Crippen molar-refractivity contribution < 1.29 is 19.5 Å².